The second kappa shape index (κ2) is 9.22. The van der Waals surface area contributed by atoms with Crippen molar-refractivity contribution in [3.63, 3.8) is 0 Å². The second-order valence-corrected chi connectivity index (χ2v) is 6.46. The molecule has 1 radical (unpaired) electrons. The van der Waals surface area contributed by atoms with Crippen LogP contribution in [0.5, 0.6) is 0 Å². The Morgan fingerprint density at radius 2 is 1.71 bits per heavy atom. The Hall–Kier alpha value is -0.853. The minimum Gasteiger partial charge on any atom is -0.394 e. The molecule has 0 heterocycles. The number of halogens is 3. The molecular formula is C15H22F3O2Si. The molecule has 0 aliphatic carbocycles. The second-order valence-electron chi connectivity index (χ2n) is 4.64. The van der Waals surface area contributed by atoms with E-state index in [1.54, 1.807) is 6.07 Å². The van der Waals surface area contributed by atoms with Crippen molar-refractivity contribution in [3.05, 3.63) is 35.4 Å². The maximum absolute atomic E-state index is 12.6. The summed E-state index contributed by atoms with van der Waals surface area (Å²) in [5, 5.41) is 0. The van der Waals surface area contributed by atoms with E-state index in [4.69, 9.17) is 8.85 Å². The molecule has 119 valence electrons. The van der Waals surface area contributed by atoms with Crippen molar-refractivity contribution in [1.29, 1.82) is 0 Å². The molecule has 0 spiro atoms. The Kier molecular flexibility index (Phi) is 7.99. The van der Waals surface area contributed by atoms with E-state index >= 15 is 0 Å². The van der Waals surface area contributed by atoms with E-state index < -0.39 is 21.0 Å². The zero-order valence-electron chi connectivity index (χ0n) is 12.5. The largest absolute Gasteiger partial charge is 0.416 e. The molecule has 0 unspecified atom stereocenters. The first-order valence-electron chi connectivity index (χ1n) is 7.25. The third kappa shape index (κ3) is 7.11. The van der Waals surface area contributed by atoms with E-state index in [0.717, 1.165) is 30.5 Å². The monoisotopic (exact) mass is 319 g/mol. The fourth-order valence-corrected chi connectivity index (χ4v) is 3.56. The van der Waals surface area contributed by atoms with Gasteiger partial charge in [-0.15, -0.1) is 0 Å². The van der Waals surface area contributed by atoms with E-state index in [0.29, 0.717) is 19.6 Å². The van der Waals surface area contributed by atoms with Crippen LogP contribution >= 0.6 is 0 Å². The van der Waals surface area contributed by atoms with Gasteiger partial charge in [0.1, 0.15) is 0 Å². The third-order valence-electron chi connectivity index (χ3n) is 2.96. The van der Waals surface area contributed by atoms with Gasteiger partial charge in [0.25, 0.3) is 0 Å². The average molecular weight is 319 g/mol. The van der Waals surface area contributed by atoms with Crippen LogP contribution in [0.1, 0.15) is 37.8 Å². The Balaban J connectivity index is 2.38. The van der Waals surface area contributed by atoms with Gasteiger partial charge in [0.05, 0.1) is 5.56 Å². The van der Waals surface area contributed by atoms with Gasteiger partial charge in [0.2, 0.25) is 0 Å². The molecule has 0 bridgehead atoms. The van der Waals surface area contributed by atoms with Gasteiger partial charge in [0.15, 0.2) is 0 Å². The molecule has 0 saturated heterocycles. The lowest BCUT2D eigenvalue weighted by Gasteiger charge is -2.13. The van der Waals surface area contributed by atoms with Crippen molar-refractivity contribution in [2.45, 2.75) is 45.3 Å². The van der Waals surface area contributed by atoms with Gasteiger partial charge in [-0.2, -0.15) is 13.2 Å². The molecule has 1 rings (SSSR count). The summed E-state index contributed by atoms with van der Waals surface area (Å²) >= 11 is 0. The fourth-order valence-electron chi connectivity index (χ4n) is 2.01. The van der Waals surface area contributed by atoms with Gasteiger partial charge in [-0.1, -0.05) is 24.6 Å². The van der Waals surface area contributed by atoms with Gasteiger partial charge >= 0.3 is 15.5 Å². The number of rotatable bonds is 9. The molecule has 1 aromatic rings. The van der Waals surface area contributed by atoms with Crippen LogP contribution in [-0.4, -0.2) is 22.5 Å². The van der Waals surface area contributed by atoms with Crippen LogP contribution in [0.4, 0.5) is 13.2 Å². The third-order valence-corrected chi connectivity index (χ3v) is 4.94. The van der Waals surface area contributed by atoms with E-state index in [1.165, 1.54) is 12.1 Å². The minimum absolute atomic E-state index is 0.576. The highest BCUT2D eigenvalue weighted by Gasteiger charge is 2.30. The summed E-state index contributed by atoms with van der Waals surface area (Å²) in [5.41, 5.74) is 0.153. The minimum atomic E-state index is -4.27. The van der Waals surface area contributed by atoms with Crippen molar-refractivity contribution in [2.24, 2.45) is 0 Å². The van der Waals surface area contributed by atoms with Gasteiger partial charge < -0.3 is 8.85 Å². The summed E-state index contributed by atoms with van der Waals surface area (Å²) < 4.78 is 48.9. The highest BCUT2D eigenvalue weighted by molar-refractivity contribution is 6.44. The molecule has 0 aromatic heterocycles. The molecule has 0 saturated carbocycles. The molecule has 0 amide bonds. The van der Waals surface area contributed by atoms with Crippen molar-refractivity contribution < 1.29 is 22.0 Å². The molecule has 0 atom stereocenters. The number of unbranched alkanes of at least 4 members (excludes halogenated alkanes) is 1. The molecule has 0 fully saturated rings. The Morgan fingerprint density at radius 1 is 1.05 bits per heavy atom. The average Bonchev–Trinajstić information content (AvgIpc) is 2.43. The summed E-state index contributed by atoms with van der Waals surface area (Å²) in [4.78, 5) is 0. The predicted molar refractivity (Wildman–Crippen MR) is 78.2 cm³/mol. The standard InChI is InChI=1S/C15H22F3O2Si/c1-3-19-21(20-4-2)11-6-5-8-13-9-7-10-14(12-13)15(16,17)18/h7,9-10,12H,3-6,8,11H2,1-2H3. The number of hydrogen-bond acceptors (Lipinski definition) is 2. The van der Waals surface area contributed by atoms with Crippen molar-refractivity contribution >= 4 is 9.28 Å². The quantitative estimate of drug-likeness (QED) is 0.489. The highest BCUT2D eigenvalue weighted by atomic mass is 28.3. The first kappa shape index (κ1) is 18.2. The molecule has 0 N–H and O–H groups in total. The maximum atomic E-state index is 12.6. The fraction of sp³-hybridized carbons (Fsp3) is 0.600. The van der Waals surface area contributed by atoms with Crippen LogP contribution < -0.4 is 0 Å². The maximum Gasteiger partial charge on any atom is 0.416 e. The number of aryl methyl sites for hydroxylation is 1. The summed E-state index contributed by atoms with van der Waals surface area (Å²) in [6.07, 6.45) is -1.87. The molecule has 0 aliphatic heterocycles. The lowest BCUT2D eigenvalue weighted by molar-refractivity contribution is -0.137. The van der Waals surface area contributed by atoms with Crippen LogP contribution in [0, 0.1) is 0 Å². The van der Waals surface area contributed by atoms with E-state index in [1.807, 2.05) is 13.8 Å². The molecule has 6 heteroatoms. The van der Waals surface area contributed by atoms with Crippen LogP contribution in [0.2, 0.25) is 6.04 Å². The molecule has 1 aromatic carbocycles. The normalized spacial score (nSPS) is 12.1. The first-order chi connectivity index (χ1) is 9.97. The van der Waals surface area contributed by atoms with Crippen LogP contribution in [0.25, 0.3) is 0 Å². The Bertz CT molecular complexity index is 404. The highest BCUT2D eigenvalue weighted by Crippen LogP contribution is 2.29. The number of alkyl halides is 3. The predicted octanol–water partition coefficient (Wildman–Crippen LogP) is 4.59. The van der Waals surface area contributed by atoms with E-state index in [2.05, 4.69) is 0 Å². The zero-order chi connectivity index (χ0) is 15.7. The van der Waals surface area contributed by atoms with Crippen LogP contribution in [-0.2, 0) is 21.4 Å². The summed E-state index contributed by atoms with van der Waals surface area (Å²) in [6, 6.07) is 6.41. The topological polar surface area (TPSA) is 18.5 Å². The van der Waals surface area contributed by atoms with E-state index in [9.17, 15) is 13.2 Å². The first-order valence-corrected chi connectivity index (χ1v) is 8.77. The summed E-state index contributed by atoms with van der Waals surface area (Å²) in [6.45, 7) is 5.16. The van der Waals surface area contributed by atoms with Crippen molar-refractivity contribution in [1.82, 2.24) is 0 Å². The smallest absolute Gasteiger partial charge is 0.394 e. The van der Waals surface area contributed by atoms with Gasteiger partial charge in [-0.05, 0) is 44.4 Å². The van der Waals surface area contributed by atoms with Crippen molar-refractivity contribution in [3.8, 4) is 0 Å². The Labute approximate surface area is 126 Å². The van der Waals surface area contributed by atoms with E-state index in [-0.39, 0.29) is 0 Å². The molecular weight excluding hydrogens is 297 g/mol. The lowest BCUT2D eigenvalue weighted by Crippen LogP contribution is -2.22. The van der Waals surface area contributed by atoms with Gasteiger partial charge in [-0.3, -0.25) is 0 Å². The lowest BCUT2D eigenvalue weighted by atomic mass is 10.1. The van der Waals surface area contributed by atoms with Gasteiger partial charge in [-0.25, -0.2) is 0 Å². The summed E-state index contributed by atoms with van der Waals surface area (Å²) in [5.74, 6) is 0. The number of hydrogen-bond donors (Lipinski definition) is 0. The van der Waals surface area contributed by atoms with Crippen LogP contribution in [0.3, 0.4) is 0 Å². The molecule has 2 nitrogen and oxygen atoms in total. The number of benzene rings is 1. The Morgan fingerprint density at radius 3 is 2.29 bits per heavy atom. The summed E-state index contributed by atoms with van der Waals surface area (Å²) in [7, 11) is -1.21. The zero-order valence-corrected chi connectivity index (χ0v) is 13.5. The van der Waals surface area contributed by atoms with Gasteiger partial charge in [0, 0.05) is 13.2 Å². The van der Waals surface area contributed by atoms with Crippen molar-refractivity contribution in [2.75, 3.05) is 13.2 Å². The van der Waals surface area contributed by atoms with Crippen LogP contribution in [0.15, 0.2) is 24.3 Å². The molecule has 0 aliphatic rings. The molecule has 21 heavy (non-hydrogen) atoms. The SMILES string of the molecule is CCO[Si](CCCCc1cccc(C(F)(F)F)c1)OCC.